The normalized spacial score (nSPS) is 15.3. The summed E-state index contributed by atoms with van der Waals surface area (Å²) in [6.45, 7) is 3.22. The molecule has 0 bridgehead atoms. The van der Waals surface area contributed by atoms with Crippen molar-refractivity contribution >= 4 is 17.6 Å². The number of hydrogen-bond donors (Lipinski definition) is 2. The number of urea groups is 1. The monoisotopic (exact) mass is 321 g/mol. The Morgan fingerprint density at radius 1 is 1.30 bits per heavy atom. The molecule has 2 rings (SSSR count). The minimum atomic E-state index is -0.378. The average molecular weight is 321 g/mol. The van der Waals surface area contributed by atoms with E-state index in [0.29, 0.717) is 25.2 Å². The van der Waals surface area contributed by atoms with Crippen LogP contribution in [0.2, 0.25) is 0 Å². The first-order chi connectivity index (χ1) is 11.1. The van der Waals surface area contributed by atoms with Gasteiger partial charge in [0.15, 0.2) is 0 Å². The van der Waals surface area contributed by atoms with Crippen molar-refractivity contribution in [3.8, 4) is 0 Å². The molecule has 1 aromatic carbocycles. The predicted octanol–water partition coefficient (Wildman–Crippen LogP) is 3.13. The Balaban J connectivity index is 1.75. The third kappa shape index (κ3) is 5.54. The van der Waals surface area contributed by atoms with Gasteiger partial charge in [0.2, 0.25) is 5.91 Å². The van der Waals surface area contributed by atoms with E-state index in [0.717, 1.165) is 25.7 Å². The minimum Gasteiger partial charge on any atom is -0.353 e. The predicted molar refractivity (Wildman–Crippen MR) is 87.7 cm³/mol. The Bertz CT molecular complexity index is 542. The second kappa shape index (κ2) is 8.50. The molecule has 2 N–H and O–H groups in total. The van der Waals surface area contributed by atoms with Gasteiger partial charge in [-0.3, -0.25) is 4.79 Å². The van der Waals surface area contributed by atoms with Crippen molar-refractivity contribution < 1.29 is 14.0 Å². The van der Waals surface area contributed by atoms with E-state index in [-0.39, 0.29) is 23.8 Å². The first kappa shape index (κ1) is 17.2. The number of piperidine rings is 1. The lowest BCUT2D eigenvalue weighted by atomic mass is 10.0. The molecule has 0 aromatic heterocycles. The molecule has 1 saturated heterocycles. The van der Waals surface area contributed by atoms with Crippen molar-refractivity contribution in [1.29, 1.82) is 0 Å². The van der Waals surface area contributed by atoms with Crippen molar-refractivity contribution in [1.82, 2.24) is 10.2 Å². The number of nitrogens with one attached hydrogen (secondary N) is 2. The van der Waals surface area contributed by atoms with E-state index in [2.05, 4.69) is 17.6 Å². The van der Waals surface area contributed by atoms with E-state index in [1.807, 2.05) is 0 Å². The molecule has 1 heterocycles. The Hall–Kier alpha value is -2.11. The van der Waals surface area contributed by atoms with Gasteiger partial charge in [0.25, 0.3) is 0 Å². The molecule has 23 heavy (non-hydrogen) atoms. The highest BCUT2D eigenvalue weighted by Crippen LogP contribution is 2.14. The Labute approximate surface area is 136 Å². The number of benzene rings is 1. The molecular weight excluding hydrogens is 297 g/mol. The third-order valence-corrected chi connectivity index (χ3v) is 3.98. The van der Waals surface area contributed by atoms with Gasteiger partial charge in [0, 0.05) is 31.2 Å². The van der Waals surface area contributed by atoms with Crippen LogP contribution in [-0.4, -0.2) is 36.0 Å². The zero-order chi connectivity index (χ0) is 16.7. The summed E-state index contributed by atoms with van der Waals surface area (Å²) in [5.74, 6) is -0.286. The summed E-state index contributed by atoms with van der Waals surface area (Å²) in [6.07, 6.45) is 3.96. The quantitative estimate of drug-likeness (QED) is 0.875. The summed E-state index contributed by atoms with van der Waals surface area (Å²) in [5.41, 5.74) is 0.449. The summed E-state index contributed by atoms with van der Waals surface area (Å²) in [7, 11) is 0. The molecule has 3 amide bonds. The highest BCUT2D eigenvalue weighted by molar-refractivity contribution is 5.89. The summed E-state index contributed by atoms with van der Waals surface area (Å²) < 4.78 is 13.1. The smallest absolute Gasteiger partial charge is 0.321 e. The SMILES string of the molecule is CCCCC(=O)NC1CCN(C(=O)Nc2cccc(F)c2)CC1. The van der Waals surface area contributed by atoms with Crippen LogP contribution < -0.4 is 10.6 Å². The second-order valence-corrected chi connectivity index (χ2v) is 5.87. The van der Waals surface area contributed by atoms with E-state index in [4.69, 9.17) is 0 Å². The molecule has 0 unspecified atom stereocenters. The standard InChI is InChI=1S/C17H24FN3O2/c1-2-3-7-16(22)19-14-8-10-21(11-9-14)17(23)20-15-6-4-5-13(18)12-15/h4-6,12,14H,2-3,7-11H2,1H3,(H,19,22)(H,20,23). The largest absolute Gasteiger partial charge is 0.353 e. The number of halogens is 1. The lowest BCUT2D eigenvalue weighted by Crippen LogP contribution is -2.47. The number of hydrogen-bond acceptors (Lipinski definition) is 2. The summed E-state index contributed by atoms with van der Waals surface area (Å²) in [4.78, 5) is 25.6. The first-order valence-electron chi connectivity index (χ1n) is 8.19. The van der Waals surface area contributed by atoms with Gasteiger partial charge in [-0.1, -0.05) is 19.4 Å². The van der Waals surface area contributed by atoms with Crippen molar-refractivity contribution in [3.05, 3.63) is 30.1 Å². The van der Waals surface area contributed by atoms with Crippen LogP contribution in [0.5, 0.6) is 0 Å². The summed E-state index contributed by atoms with van der Waals surface area (Å²) >= 11 is 0. The zero-order valence-electron chi connectivity index (χ0n) is 13.5. The van der Waals surface area contributed by atoms with E-state index in [1.54, 1.807) is 17.0 Å². The van der Waals surface area contributed by atoms with Crippen LogP contribution in [0, 0.1) is 5.82 Å². The molecule has 5 nitrogen and oxygen atoms in total. The lowest BCUT2D eigenvalue weighted by Gasteiger charge is -2.32. The maximum atomic E-state index is 13.1. The fraction of sp³-hybridized carbons (Fsp3) is 0.529. The van der Waals surface area contributed by atoms with Crippen LogP contribution in [0.3, 0.4) is 0 Å². The maximum absolute atomic E-state index is 13.1. The number of nitrogens with zero attached hydrogens (tertiary/aromatic N) is 1. The van der Waals surface area contributed by atoms with Crippen LogP contribution in [0.15, 0.2) is 24.3 Å². The van der Waals surface area contributed by atoms with Crippen LogP contribution >= 0.6 is 0 Å². The number of carbonyl (C=O) groups excluding carboxylic acids is 2. The topological polar surface area (TPSA) is 61.4 Å². The Morgan fingerprint density at radius 2 is 2.04 bits per heavy atom. The minimum absolute atomic E-state index is 0.0921. The van der Waals surface area contributed by atoms with Crippen molar-refractivity contribution in [2.75, 3.05) is 18.4 Å². The second-order valence-electron chi connectivity index (χ2n) is 5.87. The molecule has 1 aliphatic rings. The molecule has 1 aromatic rings. The van der Waals surface area contributed by atoms with Gasteiger partial charge in [-0.05, 0) is 37.5 Å². The summed E-state index contributed by atoms with van der Waals surface area (Å²) in [5, 5.41) is 5.72. The molecule has 0 saturated carbocycles. The molecule has 1 fully saturated rings. The van der Waals surface area contributed by atoms with Crippen LogP contribution in [0.1, 0.15) is 39.0 Å². The number of carbonyl (C=O) groups is 2. The molecule has 126 valence electrons. The molecule has 1 aliphatic heterocycles. The molecule has 0 aliphatic carbocycles. The van der Waals surface area contributed by atoms with Crippen LogP contribution in [-0.2, 0) is 4.79 Å². The fourth-order valence-electron chi connectivity index (χ4n) is 2.63. The van der Waals surface area contributed by atoms with Crippen molar-refractivity contribution in [3.63, 3.8) is 0 Å². The fourth-order valence-corrected chi connectivity index (χ4v) is 2.63. The van der Waals surface area contributed by atoms with Crippen LogP contribution in [0.4, 0.5) is 14.9 Å². The van der Waals surface area contributed by atoms with Gasteiger partial charge in [-0.25, -0.2) is 9.18 Å². The first-order valence-corrected chi connectivity index (χ1v) is 8.19. The van der Waals surface area contributed by atoms with Gasteiger partial charge >= 0.3 is 6.03 Å². The number of likely N-dealkylation sites (tertiary alicyclic amines) is 1. The Kier molecular flexibility index (Phi) is 6.38. The van der Waals surface area contributed by atoms with E-state index in [1.165, 1.54) is 12.1 Å². The number of amides is 3. The van der Waals surface area contributed by atoms with Crippen LogP contribution in [0.25, 0.3) is 0 Å². The number of rotatable bonds is 5. The third-order valence-electron chi connectivity index (χ3n) is 3.98. The number of unbranched alkanes of at least 4 members (excludes halogenated alkanes) is 1. The molecule has 0 radical (unpaired) electrons. The van der Waals surface area contributed by atoms with Crippen molar-refractivity contribution in [2.24, 2.45) is 0 Å². The molecular formula is C17H24FN3O2. The molecule has 0 spiro atoms. The highest BCUT2D eigenvalue weighted by atomic mass is 19.1. The van der Waals surface area contributed by atoms with Gasteiger partial charge in [-0.2, -0.15) is 0 Å². The maximum Gasteiger partial charge on any atom is 0.321 e. The number of anilines is 1. The highest BCUT2D eigenvalue weighted by Gasteiger charge is 2.23. The van der Waals surface area contributed by atoms with Gasteiger partial charge < -0.3 is 15.5 Å². The zero-order valence-corrected chi connectivity index (χ0v) is 13.5. The van der Waals surface area contributed by atoms with E-state index >= 15 is 0 Å². The molecule has 6 heteroatoms. The summed E-state index contributed by atoms with van der Waals surface area (Å²) in [6, 6.07) is 5.75. The average Bonchev–Trinajstić information content (AvgIpc) is 2.53. The molecule has 0 atom stereocenters. The Morgan fingerprint density at radius 3 is 2.70 bits per heavy atom. The van der Waals surface area contributed by atoms with E-state index in [9.17, 15) is 14.0 Å². The van der Waals surface area contributed by atoms with Gasteiger partial charge in [0.1, 0.15) is 5.82 Å². The van der Waals surface area contributed by atoms with E-state index < -0.39 is 0 Å². The van der Waals surface area contributed by atoms with Gasteiger partial charge in [-0.15, -0.1) is 0 Å². The van der Waals surface area contributed by atoms with Gasteiger partial charge in [0.05, 0.1) is 0 Å². The lowest BCUT2D eigenvalue weighted by molar-refractivity contribution is -0.122. The van der Waals surface area contributed by atoms with Crippen molar-refractivity contribution in [2.45, 2.75) is 45.1 Å².